The molecule has 0 saturated heterocycles. The molecule has 0 atom stereocenters. The molecule has 0 fully saturated rings. The number of Topliss-reactive ketones (excluding diaryl/α,β-unsaturated/α-hetero) is 1. The second-order valence-corrected chi connectivity index (χ2v) is 8.14. The number of carbonyl (C=O) groups is 2. The van der Waals surface area contributed by atoms with Crippen molar-refractivity contribution in [2.24, 2.45) is 0 Å². The molecule has 4 rings (SSSR count). The second-order valence-electron chi connectivity index (χ2n) is 7.31. The van der Waals surface area contributed by atoms with Gasteiger partial charge in [0.15, 0.2) is 10.9 Å². The molecule has 1 aliphatic rings. The van der Waals surface area contributed by atoms with E-state index < -0.39 is 0 Å². The van der Waals surface area contributed by atoms with Gasteiger partial charge in [-0.2, -0.15) is 0 Å². The van der Waals surface area contributed by atoms with Crippen LogP contribution in [0.3, 0.4) is 0 Å². The predicted molar refractivity (Wildman–Crippen MR) is 118 cm³/mol. The lowest BCUT2D eigenvalue weighted by molar-refractivity contribution is -0.115. The van der Waals surface area contributed by atoms with Gasteiger partial charge in [-0.05, 0) is 49.5 Å². The fourth-order valence-corrected chi connectivity index (χ4v) is 4.65. The van der Waals surface area contributed by atoms with E-state index in [4.69, 9.17) is 0 Å². The average Bonchev–Trinajstić information content (AvgIpc) is 3.15. The van der Waals surface area contributed by atoms with Crippen LogP contribution in [0.2, 0.25) is 0 Å². The number of allylic oxidation sites excluding steroid dienone is 1. The smallest absolute Gasteiger partial charge is 0.230 e. The van der Waals surface area contributed by atoms with Gasteiger partial charge in [0.25, 0.3) is 0 Å². The molecule has 0 unspecified atom stereocenters. The summed E-state index contributed by atoms with van der Waals surface area (Å²) in [6, 6.07) is 13.7. The third-order valence-electron chi connectivity index (χ3n) is 5.22. The number of aryl methyl sites for hydroxylation is 3. The summed E-state index contributed by atoms with van der Waals surface area (Å²) in [5, 5.41) is 2.52. The highest BCUT2D eigenvalue weighted by Crippen LogP contribution is 2.34. The minimum absolute atomic E-state index is 0.0690. The van der Waals surface area contributed by atoms with Gasteiger partial charge in [0.05, 0.1) is 11.4 Å². The molecule has 0 N–H and O–H groups in total. The van der Waals surface area contributed by atoms with E-state index in [1.165, 1.54) is 11.3 Å². The number of amides is 1. The first kappa shape index (κ1) is 19.3. The minimum Gasteiger partial charge on any atom is -0.289 e. The molecule has 29 heavy (non-hydrogen) atoms. The zero-order chi connectivity index (χ0) is 20.5. The Balaban J connectivity index is 1.68. The van der Waals surface area contributed by atoms with Crippen molar-refractivity contribution in [2.45, 2.75) is 33.6 Å². The van der Waals surface area contributed by atoms with Crippen molar-refractivity contribution >= 4 is 39.9 Å². The molecule has 4 nitrogen and oxygen atoms in total. The fourth-order valence-electron chi connectivity index (χ4n) is 3.82. The van der Waals surface area contributed by atoms with Gasteiger partial charge in [-0.3, -0.25) is 14.5 Å². The van der Waals surface area contributed by atoms with E-state index in [0.29, 0.717) is 17.2 Å². The second kappa shape index (κ2) is 7.76. The van der Waals surface area contributed by atoms with Crippen molar-refractivity contribution in [3.8, 4) is 0 Å². The maximum atomic E-state index is 12.8. The summed E-state index contributed by atoms with van der Waals surface area (Å²) < 4.78 is 0. The third-order valence-corrected chi connectivity index (χ3v) is 6.06. The summed E-state index contributed by atoms with van der Waals surface area (Å²) in [5.74, 6) is -0.0156. The Bertz CT molecular complexity index is 1120. The summed E-state index contributed by atoms with van der Waals surface area (Å²) >= 11 is 1.41. The summed E-state index contributed by atoms with van der Waals surface area (Å²) in [5.41, 5.74) is 6.28. The Morgan fingerprint density at radius 1 is 1.07 bits per heavy atom. The van der Waals surface area contributed by atoms with Gasteiger partial charge in [-0.15, -0.1) is 11.3 Å². The summed E-state index contributed by atoms with van der Waals surface area (Å²) in [7, 11) is 0. The van der Waals surface area contributed by atoms with Crippen LogP contribution >= 0.6 is 11.3 Å². The molecule has 0 spiro atoms. The van der Waals surface area contributed by atoms with Crippen LogP contribution in [0.4, 0.5) is 10.8 Å². The number of nitrogens with zero attached hydrogens (tertiary/aromatic N) is 2. The molecule has 146 valence electrons. The van der Waals surface area contributed by atoms with Gasteiger partial charge in [0.1, 0.15) is 0 Å². The molecule has 0 bridgehead atoms. The molecule has 1 heterocycles. The number of hydrogen-bond acceptors (Lipinski definition) is 4. The van der Waals surface area contributed by atoms with Gasteiger partial charge in [-0.1, -0.05) is 42.5 Å². The van der Waals surface area contributed by atoms with Crippen molar-refractivity contribution < 1.29 is 9.59 Å². The van der Waals surface area contributed by atoms with Crippen molar-refractivity contribution in [3.05, 3.63) is 81.4 Å². The van der Waals surface area contributed by atoms with E-state index in [1.54, 1.807) is 11.8 Å². The van der Waals surface area contributed by atoms with Gasteiger partial charge in [0, 0.05) is 23.4 Å². The van der Waals surface area contributed by atoms with Crippen LogP contribution in [-0.2, 0) is 11.2 Å². The highest BCUT2D eigenvalue weighted by molar-refractivity contribution is 7.14. The first-order chi connectivity index (χ1) is 14.0. The van der Waals surface area contributed by atoms with Crippen LogP contribution in [0, 0.1) is 13.8 Å². The van der Waals surface area contributed by atoms with E-state index in [2.05, 4.69) is 4.98 Å². The normalized spacial score (nSPS) is 14.7. The van der Waals surface area contributed by atoms with Gasteiger partial charge in [-0.25, -0.2) is 4.98 Å². The van der Waals surface area contributed by atoms with Gasteiger partial charge >= 0.3 is 0 Å². The number of rotatable bonds is 3. The summed E-state index contributed by atoms with van der Waals surface area (Å²) in [6.45, 7) is 5.53. The van der Waals surface area contributed by atoms with Gasteiger partial charge in [0.2, 0.25) is 5.91 Å². The molecule has 0 saturated carbocycles. The van der Waals surface area contributed by atoms with E-state index in [-0.39, 0.29) is 11.7 Å². The third kappa shape index (κ3) is 3.66. The minimum atomic E-state index is -0.0846. The van der Waals surface area contributed by atoms with E-state index in [0.717, 1.165) is 39.9 Å². The average molecular weight is 403 g/mol. The van der Waals surface area contributed by atoms with Crippen molar-refractivity contribution in [2.75, 3.05) is 4.90 Å². The van der Waals surface area contributed by atoms with E-state index in [9.17, 15) is 9.59 Å². The van der Waals surface area contributed by atoms with Crippen molar-refractivity contribution in [1.29, 1.82) is 0 Å². The molecule has 1 amide bonds. The molecule has 0 radical (unpaired) electrons. The van der Waals surface area contributed by atoms with E-state index >= 15 is 0 Å². The number of carbonyl (C=O) groups excluding carboxylic acids is 2. The molecule has 3 aromatic rings. The fraction of sp³-hybridized carbons (Fsp3) is 0.208. The number of ketones is 1. The largest absolute Gasteiger partial charge is 0.289 e. The Hall–Kier alpha value is -3.05. The molecule has 2 aromatic carbocycles. The number of fused-ring (bicyclic) bond motifs is 1. The number of aromatic nitrogens is 1. The molecular weight excluding hydrogens is 380 g/mol. The first-order valence-corrected chi connectivity index (χ1v) is 10.5. The maximum Gasteiger partial charge on any atom is 0.230 e. The topological polar surface area (TPSA) is 50.3 Å². The molecular formula is C24H22N2O2S. The number of hydrogen-bond donors (Lipinski definition) is 0. The molecule has 0 aliphatic heterocycles. The van der Waals surface area contributed by atoms with Crippen LogP contribution in [-0.4, -0.2) is 16.7 Å². The zero-order valence-electron chi connectivity index (χ0n) is 16.7. The van der Waals surface area contributed by atoms with Crippen LogP contribution in [0.1, 0.15) is 46.1 Å². The van der Waals surface area contributed by atoms with Crippen LogP contribution in [0.25, 0.3) is 6.08 Å². The van der Waals surface area contributed by atoms with Crippen LogP contribution < -0.4 is 4.90 Å². The summed E-state index contributed by atoms with van der Waals surface area (Å²) in [4.78, 5) is 31.6. The number of thiazole rings is 1. The Kier molecular flexibility index (Phi) is 5.16. The highest BCUT2D eigenvalue weighted by atomic mass is 32.1. The Morgan fingerprint density at radius 2 is 1.79 bits per heavy atom. The lowest BCUT2D eigenvalue weighted by atomic mass is 9.86. The summed E-state index contributed by atoms with van der Waals surface area (Å²) in [6.07, 6.45) is 3.42. The number of para-hydroxylation sites is 1. The molecule has 1 aliphatic carbocycles. The molecule has 1 aromatic heterocycles. The monoisotopic (exact) mass is 402 g/mol. The van der Waals surface area contributed by atoms with Gasteiger partial charge < -0.3 is 0 Å². The number of benzene rings is 2. The standard InChI is InChI=1S/C24H22N2O2S/c1-15-7-6-8-16(2)22(15)26(17(3)27)24-25-20(14-29-24)13-19-12-11-18-9-4-5-10-21(18)23(19)28/h4-10,13-14H,11-12H2,1-3H3. The molecule has 5 heteroatoms. The lowest BCUT2D eigenvalue weighted by Gasteiger charge is -2.22. The van der Waals surface area contributed by atoms with Crippen LogP contribution in [0.5, 0.6) is 0 Å². The maximum absolute atomic E-state index is 12.8. The first-order valence-electron chi connectivity index (χ1n) is 9.61. The van der Waals surface area contributed by atoms with Crippen molar-refractivity contribution in [3.63, 3.8) is 0 Å². The lowest BCUT2D eigenvalue weighted by Crippen LogP contribution is -2.24. The zero-order valence-corrected chi connectivity index (χ0v) is 17.5. The Morgan fingerprint density at radius 3 is 2.52 bits per heavy atom. The number of anilines is 2. The van der Waals surface area contributed by atoms with E-state index in [1.807, 2.05) is 67.8 Å². The van der Waals surface area contributed by atoms with Crippen LogP contribution in [0.15, 0.2) is 53.4 Å². The quantitative estimate of drug-likeness (QED) is 0.531. The predicted octanol–water partition coefficient (Wildman–Crippen LogP) is 5.66. The SMILES string of the molecule is CC(=O)N(c1nc(C=C2CCc3ccccc3C2=O)cs1)c1c(C)cccc1C. The highest BCUT2D eigenvalue weighted by Gasteiger charge is 2.23. The Labute approximate surface area is 174 Å². The van der Waals surface area contributed by atoms with Crippen molar-refractivity contribution in [1.82, 2.24) is 4.98 Å².